The first-order chi connectivity index (χ1) is 9.43. The van der Waals surface area contributed by atoms with Crippen LogP contribution in [0.15, 0.2) is 18.2 Å². The van der Waals surface area contributed by atoms with Gasteiger partial charge in [0.2, 0.25) is 0 Å². The fraction of sp³-hybridized carbons (Fsp3) is 0.214. The first kappa shape index (κ1) is 14.6. The second-order valence-corrected chi connectivity index (χ2v) is 5.85. The fourth-order valence-corrected chi connectivity index (χ4v) is 3.06. The van der Waals surface area contributed by atoms with Crippen LogP contribution in [-0.4, -0.2) is 10.8 Å². The maximum atomic E-state index is 13.0. The first-order valence-corrected chi connectivity index (χ1v) is 6.96. The number of hydrogen-bond donors (Lipinski definition) is 0. The number of halogens is 2. The normalized spacial score (nSPS) is 11.9. The van der Waals surface area contributed by atoms with Crippen LogP contribution in [0, 0.1) is 31.0 Å². The van der Waals surface area contributed by atoms with E-state index in [1.54, 1.807) is 13.8 Å². The molecule has 0 aliphatic heterocycles. The van der Waals surface area contributed by atoms with Crippen LogP contribution in [0.4, 0.5) is 4.39 Å². The second-order valence-electron chi connectivity index (χ2n) is 4.24. The summed E-state index contributed by atoms with van der Waals surface area (Å²) in [7, 11) is 0. The van der Waals surface area contributed by atoms with Crippen LogP contribution in [0.1, 0.15) is 31.9 Å². The first-order valence-electron chi connectivity index (χ1n) is 5.77. The molecule has 0 saturated heterocycles. The molecule has 0 saturated carbocycles. The predicted molar refractivity (Wildman–Crippen MR) is 75.7 cm³/mol. The molecule has 2 rings (SSSR count). The van der Waals surface area contributed by atoms with Gasteiger partial charge in [-0.2, -0.15) is 5.26 Å². The second kappa shape index (κ2) is 5.70. The van der Waals surface area contributed by atoms with Crippen molar-refractivity contribution in [3.05, 3.63) is 50.2 Å². The van der Waals surface area contributed by atoms with Crippen LogP contribution in [0.3, 0.4) is 0 Å². The molecule has 1 heterocycles. The lowest BCUT2D eigenvalue weighted by molar-refractivity contribution is 0.0982. The summed E-state index contributed by atoms with van der Waals surface area (Å²) in [6.07, 6.45) is 0. The standard InChI is InChI=1S/C14H10ClFN2OS/c1-7-14(20-8(2)18-7)13(19)11(6-17)10-4-3-9(16)5-12(10)15/h3-5,11H,1-2H3. The minimum absolute atomic E-state index is 0.0730. The monoisotopic (exact) mass is 308 g/mol. The number of thiazole rings is 1. The molecule has 6 heteroatoms. The summed E-state index contributed by atoms with van der Waals surface area (Å²) in [5, 5.41) is 10.1. The van der Waals surface area contributed by atoms with Crippen molar-refractivity contribution in [2.75, 3.05) is 0 Å². The quantitative estimate of drug-likeness (QED) is 0.804. The van der Waals surface area contributed by atoms with Crippen LogP contribution in [-0.2, 0) is 0 Å². The largest absolute Gasteiger partial charge is 0.291 e. The summed E-state index contributed by atoms with van der Waals surface area (Å²) in [4.78, 5) is 17.1. The number of Topliss-reactive ketones (excluding diaryl/α,β-unsaturated/α-hetero) is 1. The van der Waals surface area contributed by atoms with Gasteiger partial charge in [0, 0.05) is 5.02 Å². The third-order valence-corrected chi connectivity index (χ3v) is 4.21. The number of nitriles is 1. The minimum Gasteiger partial charge on any atom is -0.291 e. The van der Waals surface area contributed by atoms with Gasteiger partial charge in [0.15, 0.2) is 5.78 Å². The highest BCUT2D eigenvalue weighted by Gasteiger charge is 2.27. The van der Waals surface area contributed by atoms with Crippen molar-refractivity contribution >= 4 is 28.7 Å². The fourth-order valence-electron chi connectivity index (χ4n) is 1.90. The van der Waals surface area contributed by atoms with E-state index in [1.807, 2.05) is 6.07 Å². The lowest BCUT2D eigenvalue weighted by Crippen LogP contribution is -2.11. The highest BCUT2D eigenvalue weighted by Crippen LogP contribution is 2.30. The van der Waals surface area contributed by atoms with E-state index in [1.165, 1.54) is 23.5 Å². The van der Waals surface area contributed by atoms with E-state index in [9.17, 15) is 14.4 Å². The van der Waals surface area contributed by atoms with E-state index in [4.69, 9.17) is 11.6 Å². The maximum Gasteiger partial charge on any atom is 0.196 e. The van der Waals surface area contributed by atoms with Gasteiger partial charge in [-0.3, -0.25) is 4.79 Å². The number of ketones is 1. The highest BCUT2D eigenvalue weighted by atomic mass is 35.5. The Labute approximate surface area is 124 Å². The molecule has 2 aromatic rings. The van der Waals surface area contributed by atoms with Gasteiger partial charge in [0.05, 0.1) is 21.6 Å². The number of carbonyl (C=O) groups is 1. The molecule has 0 fully saturated rings. The average Bonchev–Trinajstić information content (AvgIpc) is 2.71. The van der Waals surface area contributed by atoms with Crippen molar-refractivity contribution in [2.45, 2.75) is 19.8 Å². The van der Waals surface area contributed by atoms with Crippen LogP contribution >= 0.6 is 22.9 Å². The molecule has 0 aliphatic carbocycles. The smallest absolute Gasteiger partial charge is 0.196 e. The van der Waals surface area contributed by atoms with Crippen LogP contribution in [0.25, 0.3) is 0 Å². The minimum atomic E-state index is -1.05. The zero-order valence-electron chi connectivity index (χ0n) is 10.8. The molecule has 0 radical (unpaired) electrons. The van der Waals surface area contributed by atoms with Gasteiger partial charge in [-0.25, -0.2) is 9.37 Å². The van der Waals surface area contributed by atoms with E-state index in [-0.39, 0.29) is 10.8 Å². The Hall–Kier alpha value is -1.77. The Balaban J connectivity index is 2.45. The number of aryl methyl sites for hydroxylation is 2. The number of nitrogens with zero attached hydrogens (tertiary/aromatic N) is 2. The zero-order chi connectivity index (χ0) is 14.9. The molecule has 0 amide bonds. The SMILES string of the molecule is Cc1nc(C)c(C(=O)C(C#N)c2ccc(F)cc2Cl)s1. The zero-order valence-corrected chi connectivity index (χ0v) is 12.3. The Morgan fingerprint density at radius 1 is 1.50 bits per heavy atom. The molecule has 0 bridgehead atoms. The summed E-state index contributed by atoms with van der Waals surface area (Å²) < 4.78 is 13.0. The van der Waals surface area contributed by atoms with Gasteiger partial charge in [-0.05, 0) is 31.5 Å². The van der Waals surface area contributed by atoms with E-state index >= 15 is 0 Å². The lowest BCUT2D eigenvalue weighted by atomic mass is 9.94. The molecule has 1 atom stereocenters. The molecule has 1 aromatic carbocycles. The van der Waals surface area contributed by atoms with Gasteiger partial charge >= 0.3 is 0 Å². The van der Waals surface area contributed by atoms with Crippen molar-refractivity contribution in [2.24, 2.45) is 0 Å². The highest BCUT2D eigenvalue weighted by molar-refractivity contribution is 7.13. The molecule has 1 unspecified atom stereocenters. The molecule has 3 nitrogen and oxygen atoms in total. The number of aromatic nitrogens is 1. The van der Waals surface area contributed by atoms with Crippen molar-refractivity contribution in [3.63, 3.8) is 0 Å². The number of carbonyl (C=O) groups excluding carboxylic acids is 1. The van der Waals surface area contributed by atoms with Crippen LogP contribution in [0.2, 0.25) is 5.02 Å². The average molecular weight is 309 g/mol. The van der Waals surface area contributed by atoms with Gasteiger partial charge in [0.25, 0.3) is 0 Å². The number of hydrogen-bond acceptors (Lipinski definition) is 4. The van der Waals surface area contributed by atoms with Gasteiger partial charge in [0.1, 0.15) is 11.7 Å². The molecule has 20 heavy (non-hydrogen) atoms. The maximum absolute atomic E-state index is 13.0. The summed E-state index contributed by atoms with van der Waals surface area (Å²) in [5.41, 5.74) is 0.905. The van der Waals surface area contributed by atoms with Crippen molar-refractivity contribution in [1.29, 1.82) is 5.26 Å². The number of rotatable bonds is 3. The molecule has 0 spiro atoms. The third kappa shape index (κ3) is 2.72. The third-order valence-electron chi connectivity index (χ3n) is 2.79. The lowest BCUT2D eigenvalue weighted by Gasteiger charge is -2.09. The summed E-state index contributed by atoms with van der Waals surface area (Å²) >= 11 is 7.16. The summed E-state index contributed by atoms with van der Waals surface area (Å²) in [5.74, 6) is -1.92. The summed E-state index contributed by atoms with van der Waals surface area (Å²) in [6, 6.07) is 5.58. The molecular weight excluding hydrogens is 299 g/mol. The molecular formula is C14H10ClFN2OS. The van der Waals surface area contributed by atoms with E-state index < -0.39 is 11.7 Å². The van der Waals surface area contributed by atoms with Crippen LogP contribution < -0.4 is 0 Å². The van der Waals surface area contributed by atoms with Crippen molar-refractivity contribution in [3.8, 4) is 6.07 Å². The van der Waals surface area contributed by atoms with Crippen molar-refractivity contribution < 1.29 is 9.18 Å². The molecule has 0 N–H and O–H groups in total. The topological polar surface area (TPSA) is 53.8 Å². The Bertz CT molecular complexity index is 720. The van der Waals surface area contributed by atoms with Crippen molar-refractivity contribution in [1.82, 2.24) is 4.98 Å². The number of benzene rings is 1. The summed E-state index contributed by atoms with van der Waals surface area (Å²) in [6.45, 7) is 3.51. The van der Waals surface area contributed by atoms with Gasteiger partial charge < -0.3 is 0 Å². The Morgan fingerprint density at radius 2 is 2.20 bits per heavy atom. The molecule has 0 aliphatic rings. The van der Waals surface area contributed by atoms with E-state index in [2.05, 4.69) is 4.98 Å². The molecule has 1 aromatic heterocycles. The van der Waals surface area contributed by atoms with Gasteiger partial charge in [-0.15, -0.1) is 11.3 Å². The van der Waals surface area contributed by atoms with E-state index in [0.29, 0.717) is 16.1 Å². The molecule has 102 valence electrons. The van der Waals surface area contributed by atoms with Crippen LogP contribution in [0.5, 0.6) is 0 Å². The Kier molecular flexibility index (Phi) is 4.17. The van der Waals surface area contributed by atoms with Gasteiger partial charge in [-0.1, -0.05) is 17.7 Å². The van der Waals surface area contributed by atoms with E-state index in [0.717, 1.165) is 11.1 Å². The Morgan fingerprint density at radius 3 is 2.70 bits per heavy atom. The predicted octanol–water partition coefficient (Wildman–Crippen LogP) is 4.04.